The summed E-state index contributed by atoms with van der Waals surface area (Å²) in [5.41, 5.74) is 7.68. The van der Waals surface area contributed by atoms with Gasteiger partial charge in [0.15, 0.2) is 11.3 Å². The van der Waals surface area contributed by atoms with Crippen LogP contribution in [0.2, 0.25) is 0 Å². The maximum absolute atomic E-state index is 5.63. The predicted octanol–water partition coefficient (Wildman–Crippen LogP) is 3.20. The Morgan fingerprint density at radius 2 is 2.12 bits per heavy atom. The van der Waals surface area contributed by atoms with Crippen molar-refractivity contribution >= 4 is 11.0 Å². The summed E-state index contributed by atoms with van der Waals surface area (Å²) in [5, 5.41) is 1.10. The van der Waals surface area contributed by atoms with Gasteiger partial charge in [-0.25, -0.2) is 0 Å². The van der Waals surface area contributed by atoms with Crippen molar-refractivity contribution in [2.75, 3.05) is 13.7 Å². The van der Waals surface area contributed by atoms with Crippen LogP contribution in [0.25, 0.3) is 11.0 Å². The minimum Gasteiger partial charge on any atom is -0.493 e. The molecule has 0 aliphatic heterocycles. The number of benzene rings is 1. The number of ether oxygens (including phenoxy) is 1. The lowest BCUT2D eigenvalue weighted by Crippen LogP contribution is -2.04. The number of methoxy groups -OCH3 is 1. The van der Waals surface area contributed by atoms with Gasteiger partial charge >= 0.3 is 0 Å². The van der Waals surface area contributed by atoms with Gasteiger partial charge in [-0.1, -0.05) is 6.92 Å². The van der Waals surface area contributed by atoms with Gasteiger partial charge in [0, 0.05) is 5.39 Å². The Labute approximate surface area is 102 Å². The number of hydrogen-bond donors (Lipinski definition) is 1. The summed E-state index contributed by atoms with van der Waals surface area (Å²) >= 11 is 0. The van der Waals surface area contributed by atoms with Crippen molar-refractivity contribution in [1.82, 2.24) is 0 Å². The number of fused-ring (bicyclic) bond motifs is 1. The molecule has 0 radical (unpaired) electrons. The smallest absolute Gasteiger partial charge is 0.176 e. The number of aryl methyl sites for hydroxylation is 1. The number of nitrogens with two attached hydrogens (primary N) is 1. The van der Waals surface area contributed by atoms with Gasteiger partial charge in [0.05, 0.1) is 7.11 Å². The molecule has 92 valence electrons. The van der Waals surface area contributed by atoms with Crippen LogP contribution in [0, 0.1) is 6.92 Å². The first-order chi connectivity index (χ1) is 8.15. The van der Waals surface area contributed by atoms with Crippen molar-refractivity contribution in [1.29, 1.82) is 0 Å². The minimum atomic E-state index is 0.438. The van der Waals surface area contributed by atoms with Crippen LogP contribution in [0.4, 0.5) is 0 Å². The van der Waals surface area contributed by atoms with E-state index >= 15 is 0 Å². The summed E-state index contributed by atoms with van der Waals surface area (Å²) in [5.74, 6) is 2.14. The Morgan fingerprint density at radius 1 is 1.35 bits per heavy atom. The molecule has 17 heavy (non-hydrogen) atoms. The van der Waals surface area contributed by atoms with Gasteiger partial charge in [0.2, 0.25) is 0 Å². The number of rotatable bonds is 4. The molecule has 3 nitrogen and oxygen atoms in total. The Hall–Kier alpha value is -1.48. The maximum Gasteiger partial charge on any atom is 0.176 e. The molecule has 0 saturated heterocycles. The summed E-state index contributed by atoms with van der Waals surface area (Å²) in [6, 6.07) is 6.25. The van der Waals surface area contributed by atoms with Crippen LogP contribution in [0.15, 0.2) is 22.6 Å². The van der Waals surface area contributed by atoms with Gasteiger partial charge in [-0.15, -0.1) is 0 Å². The van der Waals surface area contributed by atoms with Crippen molar-refractivity contribution in [2.45, 2.75) is 26.2 Å². The third-order valence-electron chi connectivity index (χ3n) is 3.12. The molecule has 0 bridgehead atoms. The summed E-state index contributed by atoms with van der Waals surface area (Å²) in [6.07, 6.45) is 0.978. The van der Waals surface area contributed by atoms with E-state index < -0.39 is 0 Å². The molecule has 0 amide bonds. The normalized spacial score (nSPS) is 12.9. The molecule has 0 aliphatic carbocycles. The van der Waals surface area contributed by atoms with Gasteiger partial charge in [0.1, 0.15) is 5.76 Å². The molecule has 0 fully saturated rings. The van der Waals surface area contributed by atoms with Crippen LogP contribution >= 0.6 is 0 Å². The Morgan fingerprint density at radius 3 is 2.76 bits per heavy atom. The first-order valence-electron chi connectivity index (χ1n) is 5.94. The molecule has 2 aromatic rings. The third-order valence-corrected chi connectivity index (χ3v) is 3.12. The molecule has 3 heteroatoms. The predicted molar refractivity (Wildman–Crippen MR) is 69.6 cm³/mol. The van der Waals surface area contributed by atoms with E-state index in [-0.39, 0.29) is 0 Å². The van der Waals surface area contributed by atoms with E-state index in [0.29, 0.717) is 12.5 Å². The second-order valence-electron chi connectivity index (χ2n) is 4.48. The van der Waals surface area contributed by atoms with Gasteiger partial charge in [-0.05, 0) is 49.6 Å². The first kappa shape index (κ1) is 12.0. The maximum atomic E-state index is 5.63. The summed E-state index contributed by atoms with van der Waals surface area (Å²) in [6.45, 7) is 4.83. The van der Waals surface area contributed by atoms with Crippen LogP contribution in [-0.2, 0) is 0 Å². The highest BCUT2D eigenvalue weighted by Crippen LogP contribution is 2.33. The van der Waals surface area contributed by atoms with Crippen LogP contribution in [-0.4, -0.2) is 13.7 Å². The van der Waals surface area contributed by atoms with Gasteiger partial charge in [-0.2, -0.15) is 0 Å². The molecule has 0 saturated carbocycles. The van der Waals surface area contributed by atoms with Crippen molar-refractivity contribution in [3.63, 3.8) is 0 Å². The highest BCUT2D eigenvalue weighted by atomic mass is 16.5. The fraction of sp³-hybridized carbons (Fsp3) is 0.429. The SMILES string of the molecule is COc1cc(C(C)CCN)cc2cc(C)oc12. The van der Waals surface area contributed by atoms with E-state index in [4.69, 9.17) is 14.9 Å². The fourth-order valence-electron chi connectivity index (χ4n) is 2.12. The average Bonchev–Trinajstić information content (AvgIpc) is 2.68. The quantitative estimate of drug-likeness (QED) is 0.882. The lowest BCUT2D eigenvalue weighted by atomic mass is 9.96. The van der Waals surface area contributed by atoms with Crippen molar-refractivity contribution in [2.24, 2.45) is 5.73 Å². The Kier molecular flexibility index (Phi) is 3.38. The zero-order valence-corrected chi connectivity index (χ0v) is 10.6. The summed E-state index contributed by atoms with van der Waals surface area (Å²) in [7, 11) is 1.67. The topological polar surface area (TPSA) is 48.4 Å². The molecule has 1 unspecified atom stereocenters. The zero-order valence-electron chi connectivity index (χ0n) is 10.6. The lowest BCUT2D eigenvalue weighted by molar-refractivity contribution is 0.408. The molecule has 1 atom stereocenters. The summed E-state index contributed by atoms with van der Waals surface area (Å²) < 4.78 is 11.0. The Balaban J connectivity index is 2.51. The molecule has 0 aliphatic rings. The lowest BCUT2D eigenvalue weighted by Gasteiger charge is -2.12. The second kappa shape index (κ2) is 4.80. The highest BCUT2D eigenvalue weighted by Gasteiger charge is 2.12. The second-order valence-corrected chi connectivity index (χ2v) is 4.48. The van der Waals surface area contributed by atoms with Crippen LogP contribution < -0.4 is 10.5 Å². The molecular weight excluding hydrogens is 214 g/mol. The van der Waals surface area contributed by atoms with E-state index in [9.17, 15) is 0 Å². The van der Waals surface area contributed by atoms with E-state index in [1.54, 1.807) is 7.11 Å². The molecular formula is C14H19NO2. The van der Waals surface area contributed by atoms with Crippen molar-refractivity contribution in [3.8, 4) is 5.75 Å². The number of furan rings is 1. The van der Waals surface area contributed by atoms with E-state index in [2.05, 4.69) is 13.0 Å². The minimum absolute atomic E-state index is 0.438. The average molecular weight is 233 g/mol. The molecule has 1 aromatic heterocycles. The van der Waals surface area contributed by atoms with E-state index in [1.807, 2.05) is 19.1 Å². The molecule has 1 heterocycles. The van der Waals surface area contributed by atoms with E-state index in [1.165, 1.54) is 5.56 Å². The fourth-order valence-corrected chi connectivity index (χ4v) is 2.12. The zero-order chi connectivity index (χ0) is 12.4. The van der Waals surface area contributed by atoms with Crippen LogP contribution in [0.1, 0.15) is 30.6 Å². The van der Waals surface area contributed by atoms with Crippen LogP contribution in [0.5, 0.6) is 5.75 Å². The first-order valence-corrected chi connectivity index (χ1v) is 5.94. The van der Waals surface area contributed by atoms with E-state index in [0.717, 1.165) is 28.9 Å². The highest BCUT2D eigenvalue weighted by molar-refractivity contribution is 5.84. The standard InChI is InChI=1S/C14H19NO2/c1-9(4-5-15)11-7-12-6-10(2)17-14(12)13(8-11)16-3/h6-9H,4-5,15H2,1-3H3. The number of hydrogen-bond acceptors (Lipinski definition) is 3. The van der Waals surface area contributed by atoms with Gasteiger partial charge in [0.25, 0.3) is 0 Å². The molecule has 1 aromatic carbocycles. The largest absolute Gasteiger partial charge is 0.493 e. The monoisotopic (exact) mass is 233 g/mol. The van der Waals surface area contributed by atoms with Gasteiger partial charge in [-0.3, -0.25) is 0 Å². The van der Waals surface area contributed by atoms with Gasteiger partial charge < -0.3 is 14.9 Å². The Bertz CT molecular complexity index is 516. The molecule has 2 N–H and O–H groups in total. The third kappa shape index (κ3) is 2.29. The molecule has 2 rings (SSSR count). The van der Waals surface area contributed by atoms with Crippen LogP contribution in [0.3, 0.4) is 0 Å². The summed E-state index contributed by atoms with van der Waals surface area (Å²) in [4.78, 5) is 0. The molecule has 0 spiro atoms. The van der Waals surface area contributed by atoms with Crippen molar-refractivity contribution in [3.05, 3.63) is 29.5 Å². The van der Waals surface area contributed by atoms with Crippen molar-refractivity contribution < 1.29 is 9.15 Å².